The van der Waals surface area contributed by atoms with Gasteiger partial charge >= 0.3 is 0 Å². The Kier molecular flexibility index (Phi) is 5.75. The molecule has 0 aliphatic heterocycles. The lowest BCUT2D eigenvalue weighted by molar-refractivity contribution is 0.166. The second-order valence-corrected chi connectivity index (χ2v) is 6.68. The van der Waals surface area contributed by atoms with Gasteiger partial charge < -0.3 is 15.2 Å². The zero-order chi connectivity index (χ0) is 14.5. The topological polar surface area (TPSA) is 41.5 Å². The number of aliphatic hydroxyl groups is 1. The Bertz CT molecular complexity index is 438. The summed E-state index contributed by atoms with van der Waals surface area (Å²) < 4.78 is 5.34. The monoisotopic (exact) mass is 295 g/mol. The first kappa shape index (κ1) is 15.7. The average Bonchev–Trinajstić information content (AvgIpc) is 2.92. The lowest BCUT2D eigenvalue weighted by atomic mass is 10.0. The third-order valence-corrected chi connectivity index (χ3v) is 5.16. The number of ether oxygens (including phenoxy) is 1. The zero-order valence-corrected chi connectivity index (χ0v) is 13.4. The van der Waals surface area contributed by atoms with Gasteiger partial charge in [0.2, 0.25) is 0 Å². The molecule has 0 aromatic heterocycles. The SMILES string of the molecule is COc1ccc(C)cc1C(O)CNC1CCC(SC)C1. The van der Waals surface area contributed by atoms with E-state index in [9.17, 15) is 5.11 Å². The van der Waals surface area contributed by atoms with Crippen molar-refractivity contribution < 1.29 is 9.84 Å². The standard InChI is InChI=1S/C16H25NO2S/c1-11-4-7-16(19-2)14(8-11)15(18)10-17-12-5-6-13(9-12)20-3/h4,7-8,12-13,15,17-18H,5-6,9-10H2,1-3H3. The Morgan fingerprint density at radius 3 is 2.90 bits per heavy atom. The van der Waals surface area contributed by atoms with Gasteiger partial charge in [0.15, 0.2) is 0 Å². The lowest BCUT2D eigenvalue weighted by Gasteiger charge is -2.19. The highest BCUT2D eigenvalue weighted by Crippen LogP contribution is 2.29. The minimum atomic E-state index is -0.516. The molecule has 1 aromatic rings. The van der Waals surface area contributed by atoms with E-state index in [4.69, 9.17) is 4.74 Å². The van der Waals surface area contributed by atoms with Crippen molar-refractivity contribution in [3.63, 3.8) is 0 Å². The maximum Gasteiger partial charge on any atom is 0.124 e. The van der Waals surface area contributed by atoms with Gasteiger partial charge in [-0.3, -0.25) is 0 Å². The Morgan fingerprint density at radius 2 is 2.25 bits per heavy atom. The smallest absolute Gasteiger partial charge is 0.124 e. The molecule has 1 saturated carbocycles. The van der Waals surface area contributed by atoms with Gasteiger partial charge in [0.1, 0.15) is 5.75 Å². The second-order valence-electron chi connectivity index (χ2n) is 5.54. The van der Waals surface area contributed by atoms with Crippen molar-refractivity contribution in [1.29, 1.82) is 0 Å². The molecule has 112 valence electrons. The third-order valence-electron chi connectivity index (χ3n) is 4.06. The molecule has 3 atom stereocenters. The number of hydrogen-bond donors (Lipinski definition) is 2. The number of nitrogens with one attached hydrogen (secondary N) is 1. The van der Waals surface area contributed by atoms with Crippen molar-refractivity contribution in [2.24, 2.45) is 0 Å². The van der Waals surface area contributed by atoms with Gasteiger partial charge in [-0.1, -0.05) is 11.6 Å². The summed E-state index contributed by atoms with van der Waals surface area (Å²) in [5.74, 6) is 0.762. The van der Waals surface area contributed by atoms with E-state index in [0.29, 0.717) is 12.6 Å². The number of rotatable bonds is 6. The van der Waals surface area contributed by atoms with Crippen LogP contribution in [-0.4, -0.2) is 36.3 Å². The first-order chi connectivity index (χ1) is 9.63. The number of aryl methyl sites for hydroxylation is 1. The largest absolute Gasteiger partial charge is 0.496 e. The van der Waals surface area contributed by atoms with Crippen LogP contribution in [0.2, 0.25) is 0 Å². The van der Waals surface area contributed by atoms with Crippen LogP contribution in [0, 0.1) is 6.92 Å². The summed E-state index contributed by atoms with van der Waals surface area (Å²) in [5, 5.41) is 14.7. The normalized spacial score (nSPS) is 23.8. The molecule has 1 aliphatic carbocycles. The molecule has 2 rings (SSSR count). The molecule has 4 heteroatoms. The summed E-state index contributed by atoms with van der Waals surface area (Å²) in [4.78, 5) is 0. The number of aliphatic hydroxyl groups excluding tert-OH is 1. The molecule has 0 saturated heterocycles. The summed E-state index contributed by atoms with van der Waals surface area (Å²) in [6, 6.07) is 6.47. The molecule has 0 spiro atoms. The summed E-state index contributed by atoms with van der Waals surface area (Å²) >= 11 is 1.95. The molecule has 0 radical (unpaired) electrons. The summed E-state index contributed by atoms with van der Waals surface area (Å²) in [6.45, 7) is 2.62. The van der Waals surface area contributed by atoms with E-state index in [-0.39, 0.29) is 0 Å². The molecule has 1 fully saturated rings. The minimum absolute atomic E-state index is 0.516. The Morgan fingerprint density at radius 1 is 1.45 bits per heavy atom. The van der Waals surface area contributed by atoms with Crippen molar-refractivity contribution >= 4 is 11.8 Å². The highest BCUT2D eigenvalue weighted by molar-refractivity contribution is 7.99. The van der Waals surface area contributed by atoms with Crippen LogP contribution in [0.5, 0.6) is 5.75 Å². The molecule has 2 N–H and O–H groups in total. The summed E-state index contributed by atoms with van der Waals surface area (Å²) in [7, 11) is 1.65. The second kappa shape index (κ2) is 7.34. The quantitative estimate of drug-likeness (QED) is 0.847. The van der Waals surface area contributed by atoms with Gasteiger partial charge in [0.05, 0.1) is 13.2 Å². The van der Waals surface area contributed by atoms with Crippen LogP contribution in [-0.2, 0) is 0 Å². The fourth-order valence-electron chi connectivity index (χ4n) is 2.84. The van der Waals surface area contributed by atoms with Crippen molar-refractivity contribution in [1.82, 2.24) is 5.32 Å². The summed E-state index contributed by atoms with van der Waals surface area (Å²) in [5.41, 5.74) is 2.02. The van der Waals surface area contributed by atoms with Crippen LogP contribution in [0.15, 0.2) is 18.2 Å². The highest BCUT2D eigenvalue weighted by atomic mass is 32.2. The molecule has 0 amide bonds. The number of methoxy groups -OCH3 is 1. The van der Waals surface area contributed by atoms with Crippen LogP contribution in [0.25, 0.3) is 0 Å². The lowest BCUT2D eigenvalue weighted by Crippen LogP contribution is -2.31. The molecule has 20 heavy (non-hydrogen) atoms. The molecule has 3 nitrogen and oxygen atoms in total. The number of thioether (sulfide) groups is 1. The van der Waals surface area contributed by atoms with Crippen molar-refractivity contribution in [2.75, 3.05) is 19.9 Å². The van der Waals surface area contributed by atoms with Crippen LogP contribution in [0.1, 0.15) is 36.5 Å². The molecule has 0 bridgehead atoms. The van der Waals surface area contributed by atoms with E-state index in [2.05, 4.69) is 11.6 Å². The Hall–Kier alpha value is -0.710. The van der Waals surface area contributed by atoms with E-state index in [1.165, 1.54) is 19.3 Å². The fourth-order valence-corrected chi connectivity index (χ4v) is 3.64. The fraction of sp³-hybridized carbons (Fsp3) is 0.625. The van der Waals surface area contributed by atoms with Crippen molar-refractivity contribution in [2.45, 2.75) is 43.6 Å². The van der Waals surface area contributed by atoms with Gasteiger partial charge in [0.25, 0.3) is 0 Å². The highest BCUT2D eigenvalue weighted by Gasteiger charge is 2.24. The van der Waals surface area contributed by atoms with E-state index in [1.807, 2.05) is 36.9 Å². The maximum atomic E-state index is 10.4. The van der Waals surface area contributed by atoms with Gasteiger partial charge in [-0.05, 0) is 44.6 Å². The van der Waals surface area contributed by atoms with Gasteiger partial charge in [0, 0.05) is 23.4 Å². The molecular weight excluding hydrogens is 270 g/mol. The van der Waals surface area contributed by atoms with E-state index in [1.54, 1.807) is 7.11 Å². The predicted molar refractivity (Wildman–Crippen MR) is 85.6 cm³/mol. The van der Waals surface area contributed by atoms with Crippen LogP contribution < -0.4 is 10.1 Å². The van der Waals surface area contributed by atoms with Crippen LogP contribution >= 0.6 is 11.8 Å². The number of hydrogen-bond acceptors (Lipinski definition) is 4. The first-order valence-electron chi connectivity index (χ1n) is 7.22. The van der Waals surface area contributed by atoms with Gasteiger partial charge in [-0.2, -0.15) is 11.8 Å². The van der Waals surface area contributed by atoms with Crippen LogP contribution in [0.3, 0.4) is 0 Å². The average molecular weight is 295 g/mol. The predicted octanol–water partition coefficient (Wildman–Crippen LogP) is 2.91. The molecule has 3 unspecified atom stereocenters. The van der Waals surface area contributed by atoms with Gasteiger partial charge in [-0.25, -0.2) is 0 Å². The van der Waals surface area contributed by atoms with Crippen molar-refractivity contribution in [3.8, 4) is 5.75 Å². The van der Waals surface area contributed by atoms with E-state index < -0.39 is 6.10 Å². The molecule has 1 aromatic carbocycles. The molecule has 0 heterocycles. The Balaban J connectivity index is 1.92. The minimum Gasteiger partial charge on any atom is -0.496 e. The maximum absolute atomic E-state index is 10.4. The van der Waals surface area contributed by atoms with E-state index >= 15 is 0 Å². The summed E-state index contributed by atoms with van der Waals surface area (Å²) in [6.07, 6.45) is 5.36. The van der Waals surface area contributed by atoms with Crippen LogP contribution in [0.4, 0.5) is 0 Å². The molecular formula is C16H25NO2S. The zero-order valence-electron chi connectivity index (χ0n) is 12.6. The van der Waals surface area contributed by atoms with E-state index in [0.717, 1.165) is 22.1 Å². The Labute approximate surface area is 126 Å². The van der Waals surface area contributed by atoms with Gasteiger partial charge in [-0.15, -0.1) is 0 Å². The number of benzene rings is 1. The molecule has 1 aliphatic rings. The first-order valence-corrected chi connectivity index (χ1v) is 8.51. The van der Waals surface area contributed by atoms with Crippen molar-refractivity contribution in [3.05, 3.63) is 29.3 Å². The third kappa shape index (κ3) is 3.90.